The van der Waals surface area contributed by atoms with Gasteiger partial charge < -0.3 is 10.4 Å². The van der Waals surface area contributed by atoms with Gasteiger partial charge in [0.15, 0.2) is 0 Å². The van der Waals surface area contributed by atoms with Crippen molar-refractivity contribution >= 4 is 18.1 Å². The number of hydrogen-bond acceptors (Lipinski definition) is 4. The summed E-state index contributed by atoms with van der Waals surface area (Å²) >= 11 is 0. The molecule has 0 aromatic carbocycles. The maximum absolute atomic E-state index is 8.76. The van der Waals surface area contributed by atoms with Crippen molar-refractivity contribution in [3.8, 4) is 0 Å². The molecule has 0 saturated heterocycles. The standard InChI is InChI=1S/C9H13NO.ClH.H3NO/c11-10-9-7-3-1-2-4-8(9)6-5-7;;1-2/h1-2,7-8,11H,3-6H2;1H;2H,1H2. The smallest absolute Gasteiger partial charge is 0.0638 e. The summed E-state index contributed by atoms with van der Waals surface area (Å²) in [6, 6.07) is 0. The van der Waals surface area contributed by atoms with E-state index in [0.717, 1.165) is 18.6 Å². The second-order valence-corrected chi connectivity index (χ2v) is 3.44. The molecule has 82 valence electrons. The van der Waals surface area contributed by atoms with Crippen LogP contribution in [0.15, 0.2) is 17.3 Å². The van der Waals surface area contributed by atoms with Crippen LogP contribution in [-0.2, 0) is 0 Å². The van der Waals surface area contributed by atoms with Crippen molar-refractivity contribution in [2.45, 2.75) is 25.7 Å². The van der Waals surface area contributed by atoms with Gasteiger partial charge in [0.2, 0.25) is 0 Å². The van der Waals surface area contributed by atoms with Gasteiger partial charge in [-0.15, -0.1) is 12.4 Å². The lowest BCUT2D eigenvalue weighted by Gasteiger charge is -2.06. The summed E-state index contributed by atoms with van der Waals surface area (Å²) in [5, 5.41) is 18.7. The molecule has 0 radical (unpaired) electrons. The highest BCUT2D eigenvalue weighted by molar-refractivity contribution is 5.90. The highest BCUT2D eigenvalue weighted by atomic mass is 35.5. The first-order valence-electron chi connectivity index (χ1n) is 4.54. The molecule has 0 spiro atoms. The Bertz CT molecular complexity index is 201. The molecule has 2 unspecified atom stereocenters. The molecule has 2 bridgehead atoms. The van der Waals surface area contributed by atoms with Crippen LogP contribution in [0.4, 0.5) is 0 Å². The lowest BCUT2D eigenvalue weighted by molar-refractivity contribution is 0.311. The molecule has 2 rings (SSSR count). The van der Waals surface area contributed by atoms with Gasteiger partial charge in [-0.05, 0) is 25.7 Å². The maximum atomic E-state index is 8.76. The van der Waals surface area contributed by atoms with E-state index in [1.54, 1.807) is 0 Å². The topological polar surface area (TPSA) is 78.8 Å². The molecule has 1 fully saturated rings. The number of allylic oxidation sites excluding steroid dienone is 2. The molecule has 0 amide bonds. The van der Waals surface area contributed by atoms with E-state index in [-0.39, 0.29) is 12.4 Å². The van der Waals surface area contributed by atoms with Crippen LogP contribution in [0.5, 0.6) is 0 Å². The lowest BCUT2D eigenvalue weighted by atomic mass is 10.0. The van der Waals surface area contributed by atoms with Crippen molar-refractivity contribution < 1.29 is 10.4 Å². The molecule has 14 heavy (non-hydrogen) atoms. The molecule has 5 heteroatoms. The third kappa shape index (κ3) is 2.70. The fourth-order valence-corrected chi connectivity index (χ4v) is 2.19. The third-order valence-electron chi connectivity index (χ3n) is 2.82. The van der Waals surface area contributed by atoms with Gasteiger partial charge in [0.1, 0.15) is 0 Å². The zero-order valence-electron chi connectivity index (χ0n) is 7.97. The fourth-order valence-electron chi connectivity index (χ4n) is 2.19. The minimum Gasteiger partial charge on any atom is -0.411 e. The molecule has 1 saturated carbocycles. The first kappa shape index (κ1) is 13.4. The van der Waals surface area contributed by atoms with Crippen LogP contribution in [-0.4, -0.2) is 16.1 Å². The van der Waals surface area contributed by atoms with E-state index in [0.29, 0.717) is 11.8 Å². The zero-order valence-corrected chi connectivity index (χ0v) is 8.78. The van der Waals surface area contributed by atoms with Gasteiger partial charge in [-0.25, -0.2) is 5.90 Å². The van der Waals surface area contributed by atoms with E-state index in [9.17, 15) is 0 Å². The molecule has 0 aliphatic heterocycles. The lowest BCUT2D eigenvalue weighted by Crippen LogP contribution is -2.11. The Kier molecular flexibility index (Phi) is 6.53. The minimum absolute atomic E-state index is 0. The third-order valence-corrected chi connectivity index (χ3v) is 2.82. The number of oxime groups is 1. The number of nitrogens with two attached hydrogens (primary N) is 1. The van der Waals surface area contributed by atoms with Gasteiger partial charge >= 0.3 is 0 Å². The Hall–Kier alpha value is -0.580. The summed E-state index contributed by atoms with van der Waals surface area (Å²) < 4.78 is 0. The van der Waals surface area contributed by atoms with Crippen molar-refractivity contribution in [2.24, 2.45) is 22.9 Å². The molecule has 0 heterocycles. The molecule has 0 aromatic heterocycles. The van der Waals surface area contributed by atoms with E-state index in [1.165, 1.54) is 12.8 Å². The van der Waals surface area contributed by atoms with Crippen LogP contribution >= 0.6 is 12.4 Å². The summed E-state index contributed by atoms with van der Waals surface area (Å²) in [4.78, 5) is 0. The highest BCUT2D eigenvalue weighted by Crippen LogP contribution is 2.35. The van der Waals surface area contributed by atoms with E-state index < -0.39 is 0 Å². The van der Waals surface area contributed by atoms with Crippen molar-refractivity contribution in [1.29, 1.82) is 0 Å². The molecular formula is C9H17ClN2O2. The van der Waals surface area contributed by atoms with Crippen LogP contribution in [0.2, 0.25) is 0 Å². The number of fused-ring (bicyclic) bond motifs is 2. The van der Waals surface area contributed by atoms with Gasteiger partial charge in [-0.1, -0.05) is 17.3 Å². The summed E-state index contributed by atoms with van der Waals surface area (Å²) in [6.45, 7) is 0. The monoisotopic (exact) mass is 220 g/mol. The Labute approximate surface area is 89.8 Å². The molecule has 2 aliphatic rings. The predicted molar refractivity (Wildman–Crippen MR) is 57.0 cm³/mol. The van der Waals surface area contributed by atoms with Crippen molar-refractivity contribution in [3.05, 3.63) is 12.2 Å². The summed E-state index contributed by atoms with van der Waals surface area (Å²) in [7, 11) is 0. The van der Waals surface area contributed by atoms with Crippen molar-refractivity contribution in [1.82, 2.24) is 0 Å². The Morgan fingerprint density at radius 3 is 1.93 bits per heavy atom. The number of hydrogen-bond donors (Lipinski definition) is 3. The van der Waals surface area contributed by atoms with Crippen molar-refractivity contribution in [3.63, 3.8) is 0 Å². The molecule has 4 nitrogen and oxygen atoms in total. The molecular weight excluding hydrogens is 204 g/mol. The highest BCUT2D eigenvalue weighted by Gasteiger charge is 2.32. The fraction of sp³-hybridized carbons (Fsp3) is 0.667. The SMILES string of the molecule is Cl.NO.ON=C1C2CC=CCC1CC2. The van der Waals surface area contributed by atoms with Gasteiger partial charge in [0.25, 0.3) is 0 Å². The minimum atomic E-state index is 0. The average molecular weight is 221 g/mol. The Morgan fingerprint density at radius 1 is 1.14 bits per heavy atom. The van der Waals surface area contributed by atoms with Gasteiger partial charge in [-0.3, -0.25) is 0 Å². The number of rotatable bonds is 0. The van der Waals surface area contributed by atoms with Crippen LogP contribution in [0.25, 0.3) is 0 Å². The Morgan fingerprint density at radius 2 is 1.57 bits per heavy atom. The first-order chi connectivity index (χ1) is 6.42. The molecule has 4 N–H and O–H groups in total. The van der Waals surface area contributed by atoms with Crippen molar-refractivity contribution in [2.75, 3.05) is 0 Å². The second kappa shape index (κ2) is 6.81. The van der Waals surface area contributed by atoms with Crippen LogP contribution in [0.3, 0.4) is 0 Å². The quantitative estimate of drug-likeness (QED) is 0.332. The van der Waals surface area contributed by atoms with Crippen LogP contribution in [0, 0.1) is 11.8 Å². The van der Waals surface area contributed by atoms with Gasteiger partial charge in [0.05, 0.1) is 5.71 Å². The van der Waals surface area contributed by atoms with Gasteiger partial charge in [-0.2, -0.15) is 0 Å². The maximum Gasteiger partial charge on any atom is 0.0638 e. The van der Waals surface area contributed by atoms with E-state index in [1.807, 2.05) is 0 Å². The van der Waals surface area contributed by atoms with Crippen LogP contribution < -0.4 is 5.90 Å². The largest absolute Gasteiger partial charge is 0.411 e. The number of nitrogens with zero attached hydrogens (tertiary/aromatic N) is 1. The van der Waals surface area contributed by atoms with Gasteiger partial charge in [0, 0.05) is 11.8 Å². The normalized spacial score (nSPS) is 28.3. The summed E-state index contributed by atoms with van der Waals surface area (Å²) in [6.07, 6.45) is 9.03. The molecule has 2 aliphatic carbocycles. The zero-order chi connectivity index (χ0) is 9.68. The van der Waals surface area contributed by atoms with E-state index in [2.05, 4.69) is 23.2 Å². The average Bonchev–Trinajstić information content (AvgIpc) is 2.42. The Balaban J connectivity index is 0.000000531. The summed E-state index contributed by atoms with van der Waals surface area (Å²) in [5.41, 5.74) is 1.05. The van der Waals surface area contributed by atoms with E-state index >= 15 is 0 Å². The van der Waals surface area contributed by atoms with E-state index in [4.69, 9.17) is 10.4 Å². The number of halogens is 1. The second-order valence-electron chi connectivity index (χ2n) is 3.44. The molecule has 2 atom stereocenters. The summed E-state index contributed by atoms with van der Waals surface area (Å²) in [5.74, 6) is 4.59. The van der Waals surface area contributed by atoms with Crippen LogP contribution in [0.1, 0.15) is 25.7 Å². The molecule has 0 aromatic rings. The first-order valence-corrected chi connectivity index (χ1v) is 4.54. The predicted octanol–water partition coefficient (Wildman–Crippen LogP) is 1.95.